The van der Waals surface area contributed by atoms with Crippen LogP contribution in [0.25, 0.3) is 10.1 Å². The molecule has 2 rings (SSSR count). The van der Waals surface area contributed by atoms with Crippen molar-refractivity contribution in [3.8, 4) is 0 Å². The summed E-state index contributed by atoms with van der Waals surface area (Å²) < 4.78 is 2.43. The number of aryl methyl sites for hydroxylation is 1. The summed E-state index contributed by atoms with van der Waals surface area (Å²) in [6.45, 7) is 2.24. The van der Waals surface area contributed by atoms with Gasteiger partial charge in [0.1, 0.15) is 0 Å². The maximum atomic E-state index is 9.25. The van der Waals surface area contributed by atoms with Gasteiger partial charge in [-0.05, 0) is 50.3 Å². The Labute approximate surface area is 95.5 Å². The molecule has 14 heavy (non-hydrogen) atoms. The molecule has 0 atom stereocenters. The first-order valence-corrected chi connectivity index (χ1v) is 6.23. The lowest BCUT2D eigenvalue weighted by Crippen LogP contribution is -1.90. The normalized spacial score (nSPS) is 11.1. The Balaban J connectivity index is 2.80. The predicted molar refractivity (Wildman–Crippen MR) is 64.8 cm³/mol. The number of halogens is 1. The number of hydrogen-bond acceptors (Lipinski definition) is 2. The van der Waals surface area contributed by atoms with E-state index in [0.29, 0.717) is 0 Å². The van der Waals surface area contributed by atoms with E-state index in [-0.39, 0.29) is 6.61 Å². The summed E-state index contributed by atoms with van der Waals surface area (Å²) in [6, 6.07) is 4.15. The third kappa shape index (κ3) is 1.49. The molecule has 0 unspecified atom stereocenters. The van der Waals surface area contributed by atoms with Crippen molar-refractivity contribution in [2.24, 2.45) is 0 Å². The van der Waals surface area contributed by atoms with E-state index >= 15 is 0 Å². The Bertz CT molecular complexity index is 462. The lowest BCUT2D eigenvalue weighted by atomic mass is 10.1. The minimum Gasteiger partial charge on any atom is -0.392 e. The molecule has 1 aromatic heterocycles. The van der Waals surface area contributed by atoms with E-state index in [1.54, 1.807) is 11.3 Å². The average Bonchev–Trinajstić information content (AvgIpc) is 2.68. The van der Waals surface area contributed by atoms with Gasteiger partial charge in [-0.2, -0.15) is 0 Å². The summed E-state index contributed by atoms with van der Waals surface area (Å²) in [7, 11) is 0. The Hall–Kier alpha value is -0.380. The van der Waals surface area contributed by atoms with Crippen molar-refractivity contribution in [1.29, 1.82) is 0 Å². The molecule has 0 radical (unpaired) electrons. The van der Waals surface area contributed by atoms with Crippen LogP contribution in [0.1, 0.15) is 18.1 Å². The summed E-state index contributed by atoms with van der Waals surface area (Å²) in [5.41, 5.74) is 2.30. The monoisotopic (exact) mass is 270 g/mol. The number of benzene rings is 1. The van der Waals surface area contributed by atoms with Crippen LogP contribution in [-0.2, 0) is 13.0 Å². The minimum absolute atomic E-state index is 0.119. The van der Waals surface area contributed by atoms with Crippen LogP contribution in [0.5, 0.6) is 0 Å². The van der Waals surface area contributed by atoms with Crippen LogP contribution in [0.3, 0.4) is 0 Å². The quantitative estimate of drug-likeness (QED) is 0.882. The number of fused-ring (bicyclic) bond motifs is 1. The van der Waals surface area contributed by atoms with Crippen LogP contribution in [0.15, 0.2) is 22.0 Å². The Morgan fingerprint density at radius 2 is 2.21 bits per heavy atom. The molecule has 0 spiro atoms. The smallest absolute Gasteiger partial charge is 0.0688 e. The van der Waals surface area contributed by atoms with Crippen LogP contribution in [0.2, 0.25) is 0 Å². The fourth-order valence-electron chi connectivity index (χ4n) is 1.62. The van der Waals surface area contributed by atoms with Gasteiger partial charge < -0.3 is 5.11 Å². The fourth-order valence-corrected chi connectivity index (χ4v) is 3.41. The zero-order valence-electron chi connectivity index (χ0n) is 7.88. The molecule has 0 aliphatic heterocycles. The largest absolute Gasteiger partial charge is 0.392 e. The molecule has 0 amide bonds. The van der Waals surface area contributed by atoms with Gasteiger partial charge in [0.2, 0.25) is 0 Å². The molecule has 0 fully saturated rings. The first-order valence-electron chi connectivity index (χ1n) is 4.56. The van der Waals surface area contributed by atoms with Gasteiger partial charge in [0.15, 0.2) is 0 Å². The van der Waals surface area contributed by atoms with Crippen LogP contribution < -0.4 is 0 Å². The number of aliphatic hydroxyl groups excluding tert-OH is 1. The van der Waals surface area contributed by atoms with Crippen LogP contribution in [0.4, 0.5) is 0 Å². The van der Waals surface area contributed by atoms with E-state index in [1.807, 2.05) is 0 Å². The van der Waals surface area contributed by atoms with Crippen molar-refractivity contribution in [1.82, 2.24) is 0 Å². The second-order valence-corrected chi connectivity index (χ2v) is 4.89. The number of rotatable bonds is 2. The van der Waals surface area contributed by atoms with Crippen molar-refractivity contribution in [3.05, 3.63) is 33.1 Å². The van der Waals surface area contributed by atoms with Gasteiger partial charge >= 0.3 is 0 Å². The van der Waals surface area contributed by atoms with Crippen LogP contribution in [0, 0.1) is 0 Å². The van der Waals surface area contributed by atoms with E-state index in [2.05, 4.69) is 40.4 Å². The molecule has 74 valence electrons. The molecular weight excluding hydrogens is 260 g/mol. The molecule has 0 saturated carbocycles. The molecule has 0 bridgehead atoms. The Kier molecular flexibility index (Phi) is 2.91. The predicted octanol–water partition coefficient (Wildman–Crippen LogP) is 3.72. The van der Waals surface area contributed by atoms with Gasteiger partial charge in [0.05, 0.1) is 6.61 Å². The summed E-state index contributed by atoms with van der Waals surface area (Å²) in [5, 5.41) is 12.5. The molecule has 1 nitrogen and oxygen atoms in total. The highest BCUT2D eigenvalue weighted by molar-refractivity contribution is 9.10. The van der Waals surface area contributed by atoms with Gasteiger partial charge in [0.25, 0.3) is 0 Å². The molecule has 3 heteroatoms. The number of hydrogen-bond donors (Lipinski definition) is 1. The summed E-state index contributed by atoms with van der Waals surface area (Å²) in [4.78, 5) is 0. The second-order valence-electron chi connectivity index (χ2n) is 3.18. The topological polar surface area (TPSA) is 20.2 Å². The maximum Gasteiger partial charge on any atom is 0.0688 e. The summed E-state index contributed by atoms with van der Waals surface area (Å²) in [5.74, 6) is 0. The van der Waals surface area contributed by atoms with Crippen LogP contribution in [-0.4, -0.2) is 5.11 Å². The van der Waals surface area contributed by atoms with Crippen molar-refractivity contribution in [2.45, 2.75) is 20.0 Å². The lowest BCUT2D eigenvalue weighted by Gasteiger charge is -2.06. The number of aliphatic hydroxyl groups is 1. The van der Waals surface area contributed by atoms with Crippen molar-refractivity contribution >= 4 is 37.4 Å². The standard InChI is InChI=1S/C11H11BrOS/c1-2-7-5-8(6-13)9-3-4-14-11(9)10(7)12/h3-5,13H,2,6H2,1H3. The molecular formula is C11H11BrOS. The van der Waals surface area contributed by atoms with Gasteiger partial charge in [-0.15, -0.1) is 11.3 Å². The lowest BCUT2D eigenvalue weighted by molar-refractivity contribution is 0.283. The summed E-state index contributed by atoms with van der Waals surface area (Å²) in [6.07, 6.45) is 0.988. The third-order valence-corrected chi connectivity index (χ3v) is 4.49. The highest BCUT2D eigenvalue weighted by Gasteiger charge is 2.09. The Morgan fingerprint density at radius 1 is 1.43 bits per heavy atom. The van der Waals surface area contributed by atoms with Crippen molar-refractivity contribution in [3.63, 3.8) is 0 Å². The number of thiophene rings is 1. The van der Waals surface area contributed by atoms with E-state index in [4.69, 9.17) is 0 Å². The zero-order valence-corrected chi connectivity index (χ0v) is 10.3. The van der Waals surface area contributed by atoms with Crippen molar-refractivity contribution < 1.29 is 5.11 Å². The minimum atomic E-state index is 0.119. The first kappa shape index (κ1) is 10.1. The van der Waals surface area contributed by atoms with Gasteiger partial charge in [0, 0.05) is 9.17 Å². The highest BCUT2D eigenvalue weighted by atomic mass is 79.9. The average molecular weight is 271 g/mol. The van der Waals surface area contributed by atoms with Gasteiger partial charge in [-0.3, -0.25) is 0 Å². The summed E-state index contributed by atoms with van der Waals surface area (Å²) >= 11 is 5.33. The van der Waals surface area contributed by atoms with Gasteiger partial charge in [-0.25, -0.2) is 0 Å². The van der Waals surface area contributed by atoms with Crippen LogP contribution >= 0.6 is 27.3 Å². The highest BCUT2D eigenvalue weighted by Crippen LogP contribution is 2.34. The third-order valence-electron chi connectivity index (χ3n) is 2.39. The van der Waals surface area contributed by atoms with E-state index < -0.39 is 0 Å². The molecule has 1 aromatic carbocycles. The second kappa shape index (κ2) is 4.01. The van der Waals surface area contributed by atoms with Gasteiger partial charge in [-0.1, -0.05) is 13.0 Å². The SMILES string of the molecule is CCc1cc(CO)c2ccsc2c1Br. The Morgan fingerprint density at radius 3 is 2.86 bits per heavy atom. The zero-order chi connectivity index (χ0) is 10.1. The molecule has 1 N–H and O–H groups in total. The van der Waals surface area contributed by atoms with E-state index in [0.717, 1.165) is 12.0 Å². The molecule has 0 aliphatic carbocycles. The maximum absolute atomic E-state index is 9.25. The molecule has 1 heterocycles. The molecule has 2 aromatic rings. The fraction of sp³-hybridized carbons (Fsp3) is 0.273. The first-order chi connectivity index (χ1) is 6.77. The van der Waals surface area contributed by atoms with Crippen molar-refractivity contribution in [2.75, 3.05) is 0 Å². The molecule has 0 saturated heterocycles. The van der Waals surface area contributed by atoms with E-state index in [1.165, 1.54) is 20.1 Å². The van der Waals surface area contributed by atoms with E-state index in [9.17, 15) is 5.11 Å². The molecule has 0 aliphatic rings.